The van der Waals surface area contributed by atoms with E-state index in [2.05, 4.69) is 4.74 Å². The molecule has 4 unspecified atom stereocenters. The summed E-state index contributed by atoms with van der Waals surface area (Å²) >= 11 is 1.71. The third kappa shape index (κ3) is 4.52. The Morgan fingerprint density at radius 3 is 2.00 bits per heavy atom. The average Bonchev–Trinajstić information content (AvgIpc) is 2.33. The van der Waals surface area contributed by atoms with Gasteiger partial charge in [0.05, 0.1) is 6.42 Å². The fourth-order valence-electron chi connectivity index (χ4n) is 2.59. The summed E-state index contributed by atoms with van der Waals surface area (Å²) in [5.74, 6) is -5.06. The van der Waals surface area contributed by atoms with Gasteiger partial charge in [0.2, 0.25) is 0 Å². The second kappa shape index (κ2) is 6.39. The topological polar surface area (TPSA) is 55.8 Å². The molecule has 4 atom stereocenters. The largest absolute Gasteiger partial charge is 0.458 e. The molecular weight excluding hydrogens is 473 g/mol. The van der Waals surface area contributed by atoms with Crippen LogP contribution in [0.3, 0.4) is 0 Å². The van der Waals surface area contributed by atoms with Crippen LogP contribution in [0.4, 0.5) is 26.3 Å². The molecule has 0 aliphatic carbocycles. The van der Waals surface area contributed by atoms with Crippen LogP contribution in [0.1, 0.15) is 47.0 Å². The van der Waals surface area contributed by atoms with Gasteiger partial charge in [0.15, 0.2) is 5.60 Å². The lowest BCUT2D eigenvalue weighted by Crippen LogP contribution is -2.67. The van der Waals surface area contributed by atoms with Crippen molar-refractivity contribution in [2.24, 2.45) is 0 Å². The zero-order valence-electron chi connectivity index (χ0n) is 13.9. The van der Waals surface area contributed by atoms with Gasteiger partial charge in [-0.15, -0.1) is 0 Å². The molecule has 1 fully saturated rings. The summed E-state index contributed by atoms with van der Waals surface area (Å²) in [5.41, 5.74) is -5.58. The Morgan fingerprint density at radius 1 is 1.16 bits per heavy atom. The quantitative estimate of drug-likeness (QED) is 0.277. The Labute approximate surface area is 154 Å². The average molecular weight is 492 g/mol. The van der Waals surface area contributed by atoms with Crippen LogP contribution in [0, 0.1) is 0 Å². The third-order valence-corrected chi connectivity index (χ3v) is 5.39. The molecule has 0 amide bonds. The van der Waals surface area contributed by atoms with E-state index in [1.165, 1.54) is 6.92 Å². The van der Waals surface area contributed by atoms with E-state index in [-0.39, 0.29) is 6.42 Å². The van der Waals surface area contributed by atoms with Crippen molar-refractivity contribution in [2.75, 3.05) is 0 Å². The molecule has 0 saturated carbocycles. The summed E-state index contributed by atoms with van der Waals surface area (Å²) in [4.78, 5) is 12.2. The summed E-state index contributed by atoms with van der Waals surface area (Å²) in [6.45, 7) is 4.37. The minimum absolute atomic E-state index is 0.249. The summed E-state index contributed by atoms with van der Waals surface area (Å²) in [6.07, 6.45) is -12.9. The van der Waals surface area contributed by atoms with E-state index >= 15 is 0 Å². The number of aliphatic hydroxyl groups is 1. The molecule has 25 heavy (non-hydrogen) atoms. The van der Waals surface area contributed by atoms with Crippen LogP contribution in [0.15, 0.2) is 0 Å². The second-order valence-corrected chi connectivity index (χ2v) is 9.24. The van der Waals surface area contributed by atoms with Crippen molar-refractivity contribution < 1.29 is 45.7 Å². The zero-order chi connectivity index (χ0) is 20.1. The molecule has 1 rings (SSSR count). The lowest BCUT2D eigenvalue weighted by atomic mass is 9.79. The molecule has 0 aromatic heterocycles. The molecule has 148 valence electrons. The molecule has 11 heteroatoms. The highest BCUT2D eigenvalue weighted by Crippen LogP contribution is 2.53. The van der Waals surface area contributed by atoms with Crippen molar-refractivity contribution in [3.05, 3.63) is 0 Å². The first-order chi connectivity index (χ1) is 10.8. The van der Waals surface area contributed by atoms with E-state index in [0.717, 1.165) is 6.92 Å². The standard InChI is InChI=1S/C14H19F6IO4/c1-5-10(3,21)8(22)24-9(2)6-11(4,13(15,16)17)25-12(23,7-9)14(18,19)20/h23H,5-7H2,1-4H3. The SMILES string of the molecule is CCC(C)(I)C(=O)OC1(C)CC(C)(C(F)(F)F)OC(O)(C(F)(F)F)C1. The van der Waals surface area contributed by atoms with E-state index < -0.39 is 51.6 Å². The first-order valence-corrected chi connectivity index (χ1v) is 8.37. The number of carbonyl (C=O) groups is 1. The first kappa shape index (κ1) is 22.7. The van der Waals surface area contributed by atoms with E-state index in [1.807, 2.05) is 0 Å². The van der Waals surface area contributed by atoms with Crippen molar-refractivity contribution in [3.63, 3.8) is 0 Å². The predicted octanol–water partition coefficient (Wildman–Crippen LogP) is 4.27. The van der Waals surface area contributed by atoms with Crippen LogP contribution in [0.2, 0.25) is 0 Å². The smallest absolute Gasteiger partial charge is 0.443 e. The fourth-order valence-corrected chi connectivity index (χ4v) is 2.70. The molecular formula is C14H19F6IO4. The number of hydrogen-bond donors (Lipinski definition) is 1. The summed E-state index contributed by atoms with van der Waals surface area (Å²) in [6, 6.07) is 0. The Balaban J connectivity index is 3.33. The van der Waals surface area contributed by atoms with Crippen LogP contribution in [0.5, 0.6) is 0 Å². The van der Waals surface area contributed by atoms with Crippen molar-refractivity contribution >= 4 is 28.6 Å². The maximum Gasteiger partial charge on any atom is 0.443 e. The van der Waals surface area contributed by atoms with Gasteiger partial charge in [-0.05, 0) is 27.2 Å². The monoisotopic (exact) mass is 492 g/mol. The normalized spacial score (nSPS) is 36.6. The van der Waals surface area contributed by atoms with Crippen molar-refractivity contribution in [1.82, 2.24) is 0 Å². The van der Waals surface area contributed by atoms with Gasteiger partial charge in [-0.25, -0.2) is 0 Å². The Hall–Kier alpha value is -0.300. The number of carbonyl (C=O) groups excluding carboxylic acids is 1. The highest BCUT2D eigenvalue weighted by Gasteiger charge is 2.71. The number of hydrogen-bond acceptors (Lipinski definition) is 4. The lowest BCUT2D eigenvalue weighted by molar-refractivity contribution is -0.453. The van der Waals surface area contributed by atoms with Gasteiger partial charge in [0, 0.05) is 6.42 Å². The molecule has 1 aliphatic heterocycles. The van der Waals surface area contributed by atoms with Gasteiger partial charge in [0.25, 0.3) is 5.79 Å². The van der Waals surface area contributed by atoms with Crippen LogP contribution in [-0.2, 0) is 14.3 Å². The molecule has 4 nitrogen and oxygen atoms in total. The van der Waals surface area contributed by atoms with E-state index in [9.17, 15) is 36.2 Å². The fraction of sp³-hybridized carbons (Fsp3) is 0.929. The zero-order valence-corrected chi connectivity index (χ0v) is 16.1. The predicted molar refractivity (Wildman–Crippen MR) is 83.0 cm³/mol. The van der Waals surface area contributed by atoms with Crippen LogP contribution < -0.4 is 0 Å². The molecule has 0 spiro atoms. The van der Waals surface area contributed by atoms with E-state index in [1.54, 1.807) is 29.5 Å². The molecule has 1 saturated heterocycles. The minimum atomic E-state index is -5.51. The van der Waals surface area contributed by atoms with Crippen molar-refractivity contribution in [3.8, 4) is 0 Å². The van der Waals surface area contributed by atoms with Gasteiger partial charge in [-0.2, -0.15) is 26.3 Å². The molecule has 0 bridgehead atoms. The third-order valence-electron chi connectivity index (χ3n) is 4.19. The maximum atomic E-state index is 13.3. The highest BCUT2D eigenvalue weighted by molar-refractivity contribution is 14.1. The number of ether oxygens (including phenoxy) is 2. The summed E-state index contributed by atoms with van der Waals surface area (Å²) in [7, 11) is 0. The van der Waals surface area contributed by atoms with Crippen LogP contribution in [0.25, 0.3) is 0 Å². The molecule has 1 N–H and O–H groups in total. The Bertz CT molecular complexity index is 504. The van der Waals surface area contributed by atoms with Gasteiger partial charge < -0.3 is 14.6 Å². The van der Waals surface area contributed by atoms with Crippen LogP contribution >= 0.6 is 22.6 Å². The van der Waals surface area contributed by atoms with Gasteiger partial charge >= 0.3 is 18.3 Å². The van der Waals surface area contributed by atoms with Crippen molar-refractivity contribution in [1.29, 1.82) is 0 Å². The summed E-state index contributed by atoms with van der Waals surface area (Å²) < 4.78 is 87.3. The lowest BCUT2D eigenvalue weighted by Gasteiger charge is -2.51. The van der Waals surface area contributed by atoms with Gasteiger partial charge in [0.1, 0.15) is 9.02 Å². The number of rotatable bonds is 3. The molecule has 0 radical (unpaired) electrons. The first-order valence-electron chi connectivity index (χ1n) is 7.29. The molecule has 1 aliphatic rings. The number of halogens is 7. The van der Waals surface area contributed by atoms with Gasteiger partial charge in [-0.3, -0.25) is 4.79 Å². The van der Waals surface area contributed by atoms with E-state index in [4.69, 9.17) is 4.74 Å². The van der Waals surface area contributed by atoms with Gasteiger partial charge in [-0.1, -0.05) is 29.5 Å². The van der Waals surface area contributed by atoms with Crippen LogP contribution in [-0.4, -0.2) is 43.8 Å². The molecule has 0 aromatic carbocycles. The van der Waals surface area contributed by atoms with Crippen molar-refractivity contribution in [2.45, 2.75) is 79.7 Å². The molecule has 1 heterocycles. The van der Waals surface area contributed by atoms with E-state index in [0.29, 0.717) is 6.92 Å². The number of esters is 1. The minimum Gasteiger partial charge on any atom is -0.458 e. The Kier molecular flexibility index (Phi) is 5.82. The number of alkyl halides is 7. The second-order valence-electron chi connectivity index (χ2n) is 6.86. The Morgan fingerprint density at radius 2 is 1.64 bits per heavy atom. The maximum absolute atomic E-state index is 13.3. The molecule has 0 aromatic rings. The highest BCUT2D eigenvalue weighted by atomic mass is 127. The summed E-state index contributed by atoms with van der Waals surface area (Å²) in [5, 5.41) is 9.77.